The molecule has 0 aromatic rings. The summed E-state index contributed by atoms with van der Waals surface area (Å²) in [5.41, 5.74) is 2.97. The Balaban J connectivity index is 1.75. The lowest BCUT2D eigenvalue weighted by molar-refractivity contribution is -0.0414. The van der Waals surface area contributed by atoms with Crippen LogP contribution in [0.1, 0.15) is 78.6 Å². The van der Waals surface area contributed by atoms with Crippen molar-refractivity contribution in [3.8, 4) is 0 Å². The van der Waals surface area contributed by atoms with Crippen LogP contribution in [0.4, 0.5) is 0 Å². The van der Waals surface area contributed by atoms with Gasteiger partial charge in [-0.25, -0.2) is 0 Å². The van der Waals surface area contributed by atoms with E-state index in [1.807, 2.05) is 5.57 Å². The molecule has 4 aliphatic carbocycles. The molecule has 0 aromatic heterocycles. The van der Waals surface area contributed by atoms with Gasteiger partial charge in [0.15, 0.2) is 0 Å². The lowest BCUT2D eigenvalue weighted by Gasteiger charge is -2.60. The highest BCUT2D eigenvalue weighted by Gasteiger charge is 2.59. The molecule has 0 spiro atoms. The van der Waals surface area contributed by atoms with Gasteiger partial charge in [-0.3, -0.25) is 0 Å². The van der Waals surface area contributed by atoms with Crippen LogP contribution in [0.3, 0.4) is 0 Å². The first-order valence-electron chi connectivity index (χ1n) is 9.29. The van der Waals surface area contributed by atoms with Gasteiger partial charge < -0.3 is 5.11 Å². The van der Waals surface area contributed by atoms with E-state index < -0.39 is 0 Å². The second-order valence-electron chi connectivity index (χ2n) is 9.31. The first-order valence-corrected chi connectivity index (χ1v) is 9.29. The minimum Gasteiger partial charge on any atom is -0.393 e. The van der Waals surface area contributed by atoms with Crippen molar-refractivity contribution in [3.63, 3.8) is 0 Å². The second kappa shape index (κ2) is 4.37. The Bertz CT molecular complexity index is 480. The Kier molecular flexibility index (Phi) is 2.98. The molecular weight excluding hydrogens is 256 g/mol. The van der Waals surface area contributed by atoms with Crippen LogP contribution < -0.4 is 0 Å². The van der Waals surface area contributed by atoms with Crippen molar-refractivity contribution in [2.75, 3.05) is 0 Å². The number of hydrogen-bond acceptors (Lipinski definition) is 1. The Labute approximate surface area is 130 Å². The number of aliphatic hydroxyl groups is 1. The van der Waals surface area contributed by atoms with Crippen molar-refractivity contribution >= 4 is 0 Å². The largest absolute Gasteiger partial charge is 0.393 e. The summed E-state index contributed by atoms with van der Waals surface area (Å²) in [6, 6.07) is 0. The Morgan fingerprint density at radius 3 is 2.57 bits per heavy atom. The maximum atomic E-state index is 10.5. The zero-order chi connectivity index (χ0) is 14.9. The molecule has 6 unspecified atom stereocenters. The smallest absolute Gasteiger partial charge is 0.0599 e. The van der Waals surface area contributed by atoms with Gasteiger partial charge >= 0.3 is 0 Å². The molecule has 0 heterocycles. The van der Waals surface area contributed by atoms with Gasteiger partial charge in [0.25, 0.3) is 0 Å². The molecule has 0 saturated heterocycles. The van der Waals surface area contributed by atoms with Gasteiger partial charge in [0.2, 0.25) is 0 Å². The monoisotopic (exact) mass is 288 g/mol. The fraction of sp³-hybridized carbons (Fsp3) is 0.900. The molecule has 0 amide bonds. The molecule has 1 nitrogen and oxygen atoms in total. The molecule has 0 bridgehead atoms. The molecule has 4 aliphatic rings. The van der Waals surface area contributed by atoms with Gasteiger partial charge in [-0.15, -0.1) is 0 Å². The summed E-state index contributed by atoms with van der Waals surface area (Å²) in [7, 11) is 0. The molecule has 3 fully saturated rings. The molecule has 1 heteroatoms. The van der Waals surface area contributed by atoms with Gasteiger partial charge in [-0.2, -0.15) is 0 Å². The summed E-state index contributed by atoms with van der Waals surface area (Å²) in [5, 5.41) is 10.5. The Hall–Kier alpha value is -0.300. The van der Waals surface area contributed by atoms with E-state index in [0.717, 1.165) is 24.7 Å². The molecule has 21 heavy (non-hydrogen) atoms. The molecule has 3 saturated carbocycles. The molecule has 118 valence electrons. The van der Waals surface area contributed by atoms with Crippen LogP contribution in [0, 0.1) is 28.1 Å². The topological polar surface area (TPSA) is 20.2 Å². The first-order chi connectivity index (χ1) is 9.91. The number of fused-ring (bicyclic) bond motifs is 5. The maximum absolute atomic E-state index is 10.5. The van der Waals surface area contributed by atoms with E-state index in [2.05, 4.69) is 26.8 Å². The minimum atomic E-state index is -0.0622. The number of allylic oxidation sites excluding steroid dienone is 2. The lowest BCUT2D eigenvalue weighted by Crippen LogP contribution is -2.51. The summed E-state index contributed by atoms with van der Waals surface area (Å²) in [6.07, 6.45) is 14.4. The van der Waals surface area contributed by atoms with Crippen molar-refractivity contribution in [1.29, 1.82) is 0 Å². The zero-order valence-electron chi connectivity index (χ0n) is 14.1. The van der Waals surface area contributed by atoms with E-state index in [9.17, 15) is 5.11 Å². The molecule has 0 radical (unpaired) electrons. The molecule has 6 atom stereocenters. The van der Waals surface area contributed by atoms with E-state index in [-0.39, 0.29) is 11.5 Å². The Morgan fingerprint density at radius 2 is 1.76 bits per heavy atom. The SMILES string of the molecule is CC12CC=C3C(CCC4(C)CCCCC34C)C1CCC2O. The van der Waals surface area contributed by atoms with Gasteiger partial charge in [-0.1, -0.05) is 45.3 Å². The zero-order valence-corrected chi connectivity index (χ0v) is 14.1. The number of aliphatic hydroxyl groups excluding tert-OH is 1. The average molecular weight is 288 g/mol. The summed E-state index contributed by atoms with van der Waals surface area (Å²) < 4.78 is 0. The maximum Gasteiger partial charge on any atom is 0.0599 e. The predicted molar refractivity (Wildman–Crippen MR) is 86.9 cm³/mol. The number of rotatable bonds is 0. The van der Waals surface area contributed by atoms with Gasteiger partial charge in [-0.05, 0) is 67.6 Å². The predicted octanol–water partition coefficient (Wildman–Crippen LogP) is 5.09. The average Bonchev–Trinajstić information content (AvgIpc) is 2.76. The van der Waals surface area contributed by atoms with Crippen LogP contribution in [0.25, 0.3) is 0 Å². The molecule has 4 rings (SSSR count). The summed E-state index contributed by atoms with van der Waals surface area (Å²) in [4.78, 5) is 0. The second-order valence-corrected chi connectivity index (χ2v) is 9.31. The minimum absolute atomic E-state index is 0.0622. The third-order valence-corrected chi connectivity index (χ3v) is 8.64. The van der Waals surface area contributed by atoms with E-state index in [0.29, 0.717) is 10.8 Å². The van der Waals surface area contributed by atoms with Crippen LogP contribution in [0.5, 0.6) is 0 Å². The van der Waals surface area contributed by atoms with Crippen LogP contribution in [0.2, 0.25) is 0 Å². The third kappa shape index (κ3) is 1.68. The van der Waals surface area contributed by atoms with Gasteiger partial charge in [0, 0.05) is 5.41 Å². The molecular formula is C20H32O. The van der Waals surface area contributed by atoms with E-state index in [1.165, 1.54) is 44.9 Å². The highest BCUT2D eigenvalue weighted by Crippen LogP contribution is 2.67. The third-order valence-electron chi connectivity index (χ3n) is 8.64. The fourth-order valence-corrected chi connectivity index (χ4v) is 6.82. The van der Waals surface area contributed by atoms with E-state index in [1.54, 1.807) is 0 Å². The Morgan fingerprint density at radius 1 is 1.00 bits per heavy atom. The van der Waals surface area contributed by atoms with E-state index in [4.69, 9.17) is 0 Å². The molecule has 1 N–H and O–H groups in total. The van der Waals surface area contributed by atoms with Crippen LogP contribution >= 0.6 is 0 Å². The van der Waals surface area contributed by atoms with Crippen molar-refractivity contribution in [2.24, 2.45) is 28.1 Å². The van der Waals surface area contributed by atoms with E-state index >= 15 is 0 Å². The summed E-state index contributed by atoms with van der Waals surface area (Å²) >= 11 is 0. The molecule has 0 aliphatic heterocycles. The highest BCUT2D eigenvalue weighted by atomic mass is 16.3. The standard InChI is InChI=1S/C20H32O/c1-18-10-4-5-11-20(18,3)16-9-13-19(2)15(6-7-17(19)21)14(16)8-12-18/h9,14-15,17,21H,4-8,10-13H2,1-3H3. The van der Waals surface area contributed by atoms with Crippen LogP contribution in [-0.4, -0.2) is 11.2 Å². The highest BCUT2D eigenvalue weighted by molar-refractivity contribution is 5.30. The lowest BCUT2D eigenvalue weighted by atomic mass is 9.44. The fourth-order valence-electron chi connectivity index (χ4n) is 6.82. The van der Waals surface area contributed by atoms with Crippen molar-refractivity contribution in [3.05, 3.63) is 11.6 Å². The quantitative estimate of drug-likeness (QED) is 0.616. The van der Waals surface area contributed by atoms with Gasteiger partial charge in [0.1, 0.15) is 0 Å². The first kappa shape index (κ1) is 14.3. The van der Waals surface area contributed by atoms with Crippen molar-refractivity contribution in [2.45, 2.75) is 84.7 Å². The van der Waals surface area contributed by atoms with Gasteiger partial charge in [0.05, 0.1) is 6.10 Å². The normalized spacial score (nSPS) is 56.2. The van der Waals surface area contributed by atoms with Crippen molar-refractivity contribution in [1.82, 2.24) is 0 Å². The van der Waals surface area contributed by atoms with Crippen LogP contribution in [-0.2, 0) is 0 Å². The summed E-state index contributed by atoms with van der Waals surface area (Å²) in [5.74, 6) is 1.52. The van der Waals surface area contributed by atoms with Crippen LogP contribution in [0.15, 0.2) is 11.6 Å². The molecule has 0 aromatic carbocycles. The summed E-state index contributed by atoms with van der Waals surface area (Å²) in [6.45, 7) is 7.51. The number of hydrogen-bond donors (Lipinski definition) is 1. The van der Waals surface area contributed by atoms with Crippen molar-refractivity contribution < 1.29 is 5.11 Å².